The molecule has 1 aliphatic heterocycles. The van der Waals surface area contributed by atoms with Crippen molar-refractivity contribution >= 4 is 18.4 Å². The summed E-state index contributed by atoms with van der Waals surface area (Å²) in [5, 5.41) is 11.6. The van der Waals surface area contributed by atoms with Gasteiger partial charge >= 0.3 is 6.18 Å². The molecule has 0 aliphatic carbocycles. The maximum Gasteiger partial charge on any atom is 0.416 e. The fraction of sp³-hybridized carbons (Fsp3) is 0.654. The highest BCUT2D eigenvalue weighted by molar-refractivity contribution is 5.85. The van der Waals surface area contributed by atoms with E-state index in [9.17, 15) is 13.2 Å². The molecule has 1 atom stereocenters. The molecule has 1 saturated heterocycles. The largest absolute Gasteiger partial charge is 0.416 e. The maximum absolute atomic E-state index is 13.8. The number of aryl methyl sites for hydroxylation is 1. The van der Waals surface area contributed by atoms with Gasteiger partial charge in [-0.15, -0.1) is 12.4 Å². The third-order valence-corrected chi connectivity index (χ3v) is 6.78. The molecule has 0 bridgehead atoms. The maximum atomic E-state index is 13.8. The van der Waals surface area contributed by atoms with Crippen LogP contribution in [0.3, 0.4) is 0 Å². The number of unbranched alkanes of at least 4 members (excludes halogenated alkanes) is 8. The zero-order valence-electron chi connectivity index (χ0n) is 21.1. The van der Waals surface area contributed by atoms with Crippen LogP contribution in [0.2, 0.25) is 0 Å². The quantitative estimate of drug-likeness (QED) is 0.171. The predicted octanol–water partition coefficient (Wildman–Crippen LogP) is 7.32. The van der Waals surface area contributed by atoms with Crippen LogP contribution < -0.4 is 5.73 Å². The second kappa shape index (κ2) is 14.4. The summed E-state index contributed by atoms with van der Waals surface area (Å²) in [7, 11) is 0. The zero-order valence-corrected chi connectivity index (χ0v) is 21.9. The molecule has 1 fully saturated rings. The Morgan fingerprint density at radius 3 is 2.42 bits per heavy atom. The molecule has 1 unspecified atom stereocenters. The minimum absolute atomic E-state index is 0. The third-order valence-electron chi connectivity index (χ3n) is 6.78. The molecule has 202 valence electrons. The van der Waals surface area contributed by atoms with Crippen LogP contribution in [0.5, 0.6) is 0 Å². The fourth-order valence-electron chi connectivity index (χ4n) is 4.74. The molecule has 0 radical (unpaired) electrons. The second-order valence-electron chi connectivity index (χ2n) is 9.57. The monoisotopic (exact) mass is 529 g/mol. The molecule has 0 amide bonds. The third kappa shape index (κ3) is 8.68. The molecular weight excluding hydrogens is 491 g/mol. The van der Waals surface area contributed by atoms with Crippen molar-refractivity contribution in [1.29, 1.82) is 5.41 Å². The van der Waals surface area contributed by atoms with Gasteiger partial charge in [0.1, 0.15) is 0 Å². The Bertz CT molecular complexity index is 950. The van der Waals surface area contributed by atoms with Gasteiger partial charge in [0.05, 0.1) is 11.5 Å². The van der Waals surface area contributed by atoms with Crippen LogP contribution in [-0.2, 0) is 12.6 Å². The first-order chi connectivity index (χ1) is 16.8. The number of nitrogens with two attached hydrogens (primary N) is 1. The van der Waals surface area contributed by atoms with Crippen molar-refractivity contribution in [2.45, 2.75) is 96.1 Å². The van der Waals surface area contributed by atoms with E-state index >= 15 is 0 Å². The van der Waals surface area contributed by atoms with Gasteiger partial charge in [0.15, 0.2) is 5.96 Å². The van der Waals surface area contributed by atoms with Crippen molar-refractivity contribution in [3.8, 4) is 11.4 Å². The SMILES string of the molecule is CCCCCCCCCCCc1ccc(-c2noc(C3CCCN(C(=N)N)C3)n2)cc1C(F)(F)F.Cl. The Balaban J connectivity index is 0.00000456. The van der Waals surface area contributed by atoms with E-state index in [0.717, 1.165) is 44.6 Å². The molecule has 0 spiro atoms. The Hall–Kier alpha value is -2.29. The first kappa shape index (κ1) is 29.9. The molecule has 1 aromatic heterocycles. The average Bonchev–Trinajstić information content (AvgIpc) is 3.33. The van der Waals surface area contributed by atoms with Gasteiger partial charge in [-0.25, -0.2) is 0 Å². The Kier molecular flexibility index (Phi) is 12.0. The van der Waals surface area contributed by atoms with Gasteiger partial charge in [-0.3, -0.25) is 5.41 Å². The summed E-state index contributed by atoms with van der Waals surface area (Å²) in [4.78, 5) is 6.13. The van der Waals surface area contributed by atoms with Crippen molar-refractivity contribution < 1.29 is 17.7 Å². The minimum atomic E-state index is -4.44. The Morgan fingerprint density at radius 1 is 1.11 bits per heavy atom. The lowest BCUT2D eigenvalue weighted by Crippen LogP contribution is -2.42. The van der Waals surface area contributed by atoms with Crippen molar-refractivity contribution in [2.75, 3.05) is 13.1 Å². The number of piperidine rings is 1. The number of nitrogens with zero attached hydrogens (tertiary/aromatic N) is 3. The van der Waals surface area contributed by atoms with Gasteiger partial charge in [-0.05, 0) is 37.3 Å². The number of likely N-dealkylation sites (tertiary alicyclic amines) is 1. The van der Waals surface area contributed by atoms with E-state index in [-0.39, 0.29) is 30.1 Å². The molecule has 36 heavy (non-hydrogen) atoms. The number of hydrogen-bond donors (Lipinski definition) is 2. The number of rotatable bonds is 12. The first-order valence-corrected chi connectivity index (χ1v) is 12.9. The molecule has 6 nitrogen and oxygen atoms in total. The topological polar surface area (TPSA) is 92.0 Å². The van der Waals surface area contributed by atoms with Crippen LogP contribution in [0.15, 0.2) is 22.7 Å². The van der Waals surface area contributed by atoms with Gasteiger partial charge in [0.2, 0.25) is 11.7 Å². The first-order valence-electron chi connectivity index (χ1n) is 12.9. The van der Waals surface area contributed by atoms with E-state index in [2.05, 4.69) is 17.1 Å². The lowest BCUT2D eigenvalue weighted by Gasteiger charge is -2.30. The van der Waals surface area contributed by atoms with Crippen molar-refractivity contribution in [2.24, 2.45) is 5.73 Å². The number of aromatic nitrogens is 2. The van der Waals surface area contributed by atoms with Crippen LogP contribution in [-0.4, -0.2) is 34.1 Å². The summed E-state index contributed by atoms with van der Waals surface area (Å²) in [6, 6.07) is 4.34. The normalized spacial score (nSPS) is 16.1. The van der Waals surface area contributed by atoms with Gasteiger partial charge in [-0.2, -0.15) is 18.2 Å². The number of guanidine groups is 1. The second-order valence-corrected chi connectivity index (χ2v) is 9.57. The summed E-state index contributed by atoms with van der Waals surface area (Å²) >= 11 is 0. The lowest BCUT2D eigenvalue weighted by atomic mass is 9.97. The highest BCUT2D eigenvalue weighted by atomic mass is 35.5. The number of nitrogens with one attached hydrogen (secondary N) is 1. The van der Waals surface area contributed by atoms with Crippen LogP contribution in [0.1, 0.15) is 100 Å². The summed E-state index contributed by atoms with van der Waals surface area (Å²) < 4.78 is 46.9. The van der Waals surface area contributed by atoms with E-state index in [0.29, 0.717) is 36.5 Å². The molecule has 3 rings (SSSR count). The molecule has 2 aromatic rings. The van der Waals surface area contributed by atoms with Crippen LogP contribution in [0, 0.1) is 5.41 Å². The van der Waals surface area contributed by atoms with Gasteiger partial charge in [0.25, 0.3) is 0 Å². The number of alkyl halides is 3. The summed E-state index contributed by atoms with van der Waals surface area (Å²) in [5.74, 6) is 0.423. The minimum Gasteiger partial charge on any atom is -0.370 e. The molecule has 1 aromatic carbocycles. The number of hydrogen-bond acceptors (Lipinski definition) is 4. The standard InChI is InChI=1S/C26H38F3N5O.ClH/c1-2-3-4-5-6-7-8-9-10-12-19-14-15-20(17-22(19)26(27,28)29)23-32-24(35-33-23)21-13-11-16-34(18-21)25(30)31;/h14-15,17,21H,2-13,16,18H2,1H3,(H3,30,31);1H. The summed E-state index contributed by atoms with van der Waals surface area (Å²) in [6.45, 7) is 3.38. The number of halogens is 4. The molecule has 0 saturated carbocycles. The van der Waals surface area contributed by atoms with Crippen LogP contribution >= 0.6 is 12.4 Å². The summed E-state index contributed by atoms with van der Waals surface area (Å²) in [5.41, 5.74) is 5.58. The molecular formula is C26H39ClF3N5O. The smallest absolute Gasteiger partial charge is 0.370 e. The number of benzene rings is 1. The van der Waals surface area contributed by atoms with Gasteiger partial charge in [-0.1, -0.05) is 75.6 Å². The molecule has 2 heterocycles. The van der Waals surface area contributed by atoms with Crippen LogP contribution in [0.25, 0.3) is 11.4 Å². The fourth-order valence-corrected chi connectivity index (χ4v) is 4.74. The molecule has 1 aliphatic rings. The predicted molar refractivity (Wildman–Crippen MR) is 138 cm³/mol. The van der Waals surface area contributed by atoms with Crippen molar-refractivity contribution in [3.05, 3.63) is 35.2 Å². The average molecular weight is 530 g/mol. The van der Waals surface area contributed by atoms with E-state index in [1.54, 1.807) is 17.0 Å². The van der Waals surface area contributed by atoms with Gasteiger partial charge < -0.3 is 15.2 Å². The highest BCUT2D eigenvalue weighted by Gasteiger charge is 2.34. The highest BCUT2D eigenvalue weighted by Crippen LogP contribution is 2.36. The van der Waals surface area contributed by atoms with E-state index < -0.39 is 11.7 Å². The van der Waals surface area contributed by atoms with E-state index in [1.807, 2.05) is 0 Å². The van der Waals surface area contributed by atoms with E-state index in [4.69, 9.17) is 15.7 Å². The Labute approximate surface area is 218 Å². The van der Waals surface area contributed by atoms with Crippen molar-refractivity contribution in [3.63, 3.8) is 0 Å². The van der Waals surface area contributed by atoms with Crippen LogP contribution in [0.4, 0.5) is 13.2 Å². The van der Waals surface area contributed by atoms with Gasteiger partial charge in [0, 0.05) is 18.7 Å². The zero-order chi connectivity index (χ0) is 25.3. The summed E-state index contributed by atoms with van der Waals surface area (Å²) in [6.07, 6.45) is 7.76. The van der Waals surface area contributed by atoms with Crippen molar-refractivity contribution in [1.82, 2.24) is 15.0 Å². The lowest BCUT2D eigenvalue weighted by molar-refractivity contribution is -0.138. The molecule has 10 heteroatoms. The molecule has 3 N–H and O–H groups in total. The van der Waals surface area contributed by atoms with E-state index in [1.165, 1.54) is 32.1 Å². The Morgan fingerprint density at radius 2 is 1.78 bits per heavy atom.